The molecule has 1 aromatic rings. The normalized spacial score (nSPS) is 15.6. The lowest BCUT2D eigenvalue weighted by molar-refractivity contribution is -0.148. The highest BCUT2D eigenvalue weighted by Gasteiger charge is 2.26. The van der Waals surface area contributed by atoms with Gasteiger partial charge in [0, 0.05) is 44.0 Å². The molecule has 0 N–H and O–H groups in total. The quantitative estimate of drug-likeness (QED) is 0.619. The van der Waals surface area contributed by atoms with Gasteiger partial charge < -0.3 is 14.5 Å². The maximum absolute atomic E-state index is 12.3. The molecule has 0 spiro atoms. The second-order valence-electron chi connectivity index (χ2n) is 6.06. The maximum atomic E-state index is 12.3. The number of ether oxygens (including phenoxy) is 1. The van der Waals surface area contributed by atoms with E-state index in [2.05, 4.69) is 0 Å². The fourth-order valence-electron chi connectivity index (χ4n) is 2.70. The van der Waals surface area contributed by atoms with Crippen molar-refractivity contribution in [3.63, 3.8) is 0 Å². The molecule has 0 atom stereocenters. The number of carbonyl (C=O) groups excluding carboxylic acids is 2. The van der Waals surface area contributed by atoms with Crippen LogP contribution in [0.15, 0.2) is 24.3 Å². The molecule has 1 aliphatic rings. The van der Waals surface area contributed by atoms with Crippen molar-refractivity contribution < 1.29 is 14.3 Å². The molecule has 0 aromatic heterocycles. The van der Waals surface area contributed by atoms with Crippen LogP contribution in [0.5, 0.6) is 0 Å². The van der Waals surface area contributed by atoms with Gasteiger partial charge in [0.25, 0.3) is 0 Å². The number of halogens is 1. The van der Waals surface area contributed by atoms with Crippen molar-refractivity contribution in [2.75, 3.05) is 39.2 Å². The van der Waals surface area contributed by atoms with E-state index in [4.69, 9.17) is 16.3 Å². The van der Waals surface area contributed by atoms with E-state index in [9.17, 15) is 9.59 Å². The Labute approximate surface area is 147 Å². The topological polar surface area (TPSA) is 49.9 Å². The first-order chi connectivity index (χ1) is 11.4. The molecule has 0 unspecified atom stereocenters. The van der Waals surface area contributed by atoms with Crippen LogP contribution in [-0.2, 0) is 14.3 Å². The molecular formula is C18H23ClN2O3. The molecule has 1 saturated heterocycles. The Morgan fingerprint density at radius 3 is 2.50 bits per heavy atom. The number of likely N-dealkylation sites (tertiary alicyclic amines) is 1. The third kappa shape index (κ3) is 4.51. The number of benzene rings is 1. The molecule has 1 heterocycles. The highest BCUT2D eigenvalue weighted by molar-refractivity contribution is 6.32. The number of esters is 1. The Kier molecular flexibility index (Phi) is 6.26. The van der Waals surface area contributed by atoms with Crippen LogP contribution < -0.4 is 4.90 Å². The largest absolute Gasteiger partial charge is 0.469 e. The summed E-state index contributed by atoms with van der Waals surface area (Å²) in [5.74, 6) is -0.354. The number of rotatable bonds is 4. The van der Waals surface area contributed by atoms with E-state index in [0.717, 1.165) is 11.3 Å². The zero-order chi connectivity index (χ0) is 17.7. The molecule has 2 rings (SSSR count). The van der Waals surface area contributed by atoms with Crippen molar-refractivity contribution in [3.8, 4) is 0 Å². The number of amides is 1. The fourth-order valence-corrected chi connectivity index (χ4v) is 2.94. The molecule has 130 valence electrons. The van der Waals surface area contributed by atoms with Gasteiger partial charge in [-0.25, -0.2) is 0 Å². The van der Waals surface area contributed by atoms with Gasteiger partial charge in [-0.3, -0.25) is 9.59 Å². The minimum atomic E-state index is -0.189. The molecule has 1 amide bonds. The van der Waals surface area contributed by atoms with E-state index in [-0.39, 0.29) is 17.8 Å². The molecule has 24 heavy (non-hydrogen) atoms. The SMILES string of the molecule is COC(=O)C1CCN(C(=O)/C=C/c2ccc(N(C)C)cc2Cl)CC1. The molecule has 5 nitrogen and oxygen atoms in total. The molecule has 6 heteroatoms. The van der Waals surface area contributed by atoms with Gasteiger partial charge in [-0.2, -0.15) is 0 Å². The summed E-state index contributed by atoms with van der Waals surface area (Å²) in [5.41, 5.74) is 1.81. The summed E-state index contributed by atoms with van der Waals surface area (Å²) < 4.78 is 4.76. The average molecular weight is 351 g/mol. The van der Waals surface area contributed by atoms with Gasteiger partial charge in [-0.1, -0.05) is 17.7 Å². The Bertz CT molecular complexity index is 635. The second kappa shape index (κ2) is 8.20. The zero-order valence-corrected chi connectivity index (χ0v) is 15.0. The predicted octanol–water partition coefficient (Wildman–Crippen LogP) is 2.83. The van der Waals surface area contributed by atoms with E-state index in [1.807, 2.05) is 37.2 Å². The van der Waals surface area contributed by atoms with Gasteiger partial charge in [0.15, 0.2) is 0 Å². The van der Waals surface area contributed by atoms with Gasteiger partial charge in [0.1, 0.15) is 0 Å². The molecule has 0 saturated carbocycles. The summed E-state index contributed by atoms with van der Waals surface area (Å²) in [6, 6.07) is 5.72. The van der Waals surface area contributed by atoms with Crippen LogP contribution in [0.3, 0.4) is 0 Å². The molecular weight excluding hydrogens is 328 g/mol. The second-order valence-corrected chi connectivity index (χ2v) is 6.46. The minimum absolute atomic E-state index is 0.0638. The Morgan fingerprint density at radius 1 is 1.29 bits per heavy atom. The van der Waals surface area contributed by atoms with Gasteiger partial charge >= 0.3 is 5.97 Å². The summed E-state index contributed by atoms with van der Waals surface area (Å²) in [7, 11) is 5.29. The van der Waals surface area contributed by atoms with Crippen molar-refractivity contribution in [2.45, 2.75) is 12.8 Å². The highest BCUT2D eigenvalue weighted by atomic mass is 35.5. The molecule has 0 aliphatic carbocycles. The number of piperidine rings is 1. The smallest absolute Gasteiger partial charge is 0.308 e. The van der Waals surface area contributed by atoms with Crippen LogP contribution in [0.25, 0.3) is 6.08 Å². The van der Waals surface area contributed by atoms with E-state index >= 15 is 0 Å². The van der Waals surface area contributed by atoms with Crippen LogP contribution in [0.1, 0.15) is 18.4 Å². The van der Waals surface area contributed by atoms with Crippen LogP contribution in [-0.4, -0.2) is 51.1 Å². The van der Waals surface area contributed by atoms with Gasteiger partial charge in [0.05, 0.1) is 13.0 Å². The van der Waals surface area contributed by atoms with Crippen LogP contribution in [0.4, 0.5) is 5.69 Å². The van der Waals surface area contributed by atoms with E-state index in [0.29, 0.717) is 31.0 Å². The molecule has 1 fully saturated rings. The number of hydrogen-bond acceptors (Lipinski definition) is 4. The van der Waals surface area contributed by atoms with Crippen molar-refractivity contribution in [1.82, 2.24) is 4.90 Å². The molecule has 0 radical (unpaired) electrons. The molecule has 0 bridgehead atoms. The number of hydrogen-bond donors (Lipinski definition) is 0. The van der Waals surface area contributed by atoms with E-state index in [1.54, 1.807) is 11.0 Å². The Balaban J connectivity index is 1.95. The Hall–Kier alpha value is -2.01. The van der Waals surface area contributed by atoms with Crippen molar-refractivity contribution in [2.24, 2.45) is 5.92 Å². The molecule has 1 aliphatic heterocycles. The number of nitrogens with zero attached hydrogens (tertiary/aromatic N) is 2. The lowest BCUT2D eigenvalue weighted by Gasteiger charge is -2.29. The summed E-state index contributed by atoms with van der Waals surface area (Å²) >= 11 is 6.26. The van der Waals surface area contributed by atoms with Gasteiger partial charge in [-0.15, -0.1) is 0 Å². The summed E-state index contributed by atoms with van der Waals surface area (Å²) in [5, 5.41) is 0.606. The van der Waals surface area contributed by atoms with Crippen LogP contribution >= 0.6 is 11.6 Å². The predicted molar refractivity (Wildman–Crippen MR) is 96.1 cm³/mol. The number of anilines is 1. The lowest BCUT2D eigenvalue weighted by Crippen LogP contribution is -2.39. The number of methoxy groups -OCH3 is 1. The zero-order valence-electron chi connectivity index (χ0n) is 14.3. The van der Waals surface area contributed by atoms with E-state index < -0.39 is 0 Å². The van der Waals surface area contributed by atoms with Crippen molar-refractivity contribution >= 4 is 35.2 Å². The van der Waals surface area contributed by atoms with Crippen LogP contribution in [0.2, 0.25) is 5.02 Å². The summed E-state index contributed by atoms with van der Waals surface area (Å²) in [6.07, 6.45) is 4.56. The number of carbonyl (C=O) groups is 2. The molecule has 1 aromatic carbocycles. The van der Waals surface area contributed by atoms with Crippen LogP contribution in [0, 0.1) is 5.92 Å². The monoisotopic (exact) mass is 350 g/mol. The van der Waals surface area contributed by atoms with Crippen molar-refractivity contribution in [3.05, 3.63) is 34.9 Å². The third-order valence-electron chi connectivity index (χ3n) is 4.25. The van der Waals surface area contributed by atoms with Gasteiger partial charge in [-0.05, 0) is 36.6 Å². The summed E-state index contributed by atoms with van der Waals surface area (Å²) in [4.78, 5) is 27.5. The Morgan fingerprint density at radius 2 is 1.96 bits per heavy atom. The summed E-state index contributed by atoms with van der Waals surface area (Å²) in [6.45, 7) is 1.13. The third-order valence-corrected chi connectivity index (χ3v) is 4.57. The first kappa shape index (κ1) is 18.3. The van der Waals surface area contributed by atoms with Gasteiger partial charge in [0.2, 0.25) is 5.91 Å². The first-order valence-corrected chi connectivity index (χ1v) is 8.32. The lowest BCUT2D eigenvalue weighted by atomic mass is 9.97. The average Bonchev–Trinajstić information content (AvgIpc) is 2.59. The first-order valence-electron chi connectivity index (χ1n) is 7.94. The standard InChI is InChI=1S/C18H23ClN2O3/c1-20(2)15-6-4-13(16(19)12-15)5-7-17(22)21-10-8-14(9-11-21)18(23)24-3/h4-7,12,14H,8-11H2,1-3H3/b7-5+. The maximum Gasteiger partial charge on any atom is 0.308 e. The van der Waals surface area contributed by atoms with E-state index in [1.165, 1.54) is 13.2 Å². The van der Waals surface area contributed by atoms with Crippen molar-refractivity contribution in [1.29, 1.82) is 0 Å². The fraction of sp³-hybridized carbons (Fsp3) is 0.444. The highest BCUT2D eigenvalue weighted by Crippen LogP contribution is 2.24. The minimum Gasteiger partial charge on any atom is -0.469 e.